The van der Waals surface area contributed by atoms with Gasteiger partial charge in [-0.05, 0) is 33.3 Å². The molecule has 0 aliphatic heterocycles. The molecule has 0 saturated carbocycles. The minimum absolute atomic E-state index is 0.0500. The van der Waals surface area contributed by atoms with Gasteiger partial charge in [-0.1, -0.05) is 11.6 Å². The quantitative estimate of drug-likeness (QED) is 0.624. The lowest BCUT2D eigenvalue weighted by atomic mass is 9.92. The van der Waals surface area contributed by atoms with Crippen molar-refractivity contribution in [3.05, 3.63) is 32.8 Å². The van der Waals surface area contributed by atoms with Crippen LogP contribution in [0.3, 0.4) is 0 Å². The first-order valence-electron chi connectivity index (χ1n) is 6.65. The second-order valence-electron chi connectivity index (χ2n) is 5.47. The topological polar surface area (TPSA) is 84.3 Å². The fraction of sp³-hybridized carbons (Fsp3) is 0.500. The second kappa shape index (κ2) is 6.76. The molecule has 0 saturated heterocycles. The van der Waals surface area contributed by atoms with Crippen molar-refractivity contribution < 1.29 is 9.72 Å². The number of nitro groups is 1. The van der Waals surface area contributed by atoms with E-state index in [1.165, 1.54) is 12.1 Å². The summed E-state index contributed by atoms with van der Waals surface area (Å²) >= 11 is 6.08. The van der Waals surface area contributed by atoms with Crippen molar-refractivity contribution in [3.63, 3.8) is 0 Å². The van der Waals surface area contributed by atoms with Crippen molar-refractivity contribution in [2.24, 2.45) is 5.41 Å². The highest BCUT2D eigenvalue weighted by atomic mass is 35.5. The van der Waals surface area contributed by atoms with Crippen LogP contribution in [0.5, 0.6) is 0 Å². The van der Waals surface area contributed by atoms with Gasteiger partial charge >= 0.3 is 0 Å². The molecule has 1 rings (SSSR count). The average Bonchev–Trinajstić information content (AvgIpc) is 2.37. The first kappa shape index (κ1) is 17.2. The van der Waals surface area contributed by atoms with Crippen molar-refractivity contribution in [1.82, 2.24) is 5.32 Å². The van der Waals surface area contributed by atoms with Crippen LogP contribution in [0, 0.1) is 22.5 Å². The fourth-order valence-electron chi connectivity index (χ4n) is 1.84. The number of carbonyl (C=O) groups is 1. The number of anilines is 1. The lowest BCUT2D eigenvalue weighted by Gasteiger charge is -2.25. The Balaban J connectivity index is 2.89. The highest BCUT2D eigenvalue weighted by molar-refractivity contribution is 6.33. The molecule has 0 unspecified atom stereocenters. The van der Waals surface area contributed by atoms with Crippen LogP contribution in [0.25, 0.3) is 0 Å². The number of nitrogens with zero attached hydrogens (tertiary/aromatic N) is 1. The first-order valence-corrected chi connectivity index (χ1v) is 7.03. The van der Waals surface area contributed by atoms with Gasteiger partial charge in [-0.3, -0.25) is 14.9 Å². The SMILES string of the molecule is CCNC(=O)C(C)(C)CNc1c(C)cc([N+](=O)[O-])cc1Cl. The maximum atomic E-state index is 11.9. The van der Waals surface area contributed by atoms with E-state index in [2.05, 4.69) is 10.6 Å². The van der Waals surface area contributed by atoms with Crippen LogP contribution in [-0.2, 0) is 4.79 Å². The average molecular weight is 314 g/mol. The van der Waals surface area contributed by atoms with E-state index in [0.29, 0.717) is 24.3 Å². The summed E-state index contributed by atoms with van der Waals surface area (Å²) in [6.45, 7) is 8.18. The lowest BCUT2D eigenvalue weighted by Crippen LogP contribution is -2.41. The molecule has 0 fully saturated rings. The minimum Gasteiger partial charge on any atom is -0.383 e. The van der Waals surface area contributed by atoms with Crippen molar-refractivity contribution >= 4 is 28.9 Å². The maximum Gasteiger partial charge on any atom is 0.271 e. The predicted molar refractivity (Wildman–Crippen MR) is 83.8 cm³/mol. The molecule has 116 valence electrons. The summed E-state index contributed by atoms with van der Waals surface area (Å²) in [7, 11) is 0. The number of carbonyl (C=O) groups excluding carboxylic acids is 1. The Kier molecular flexibility index (Phi) is 5.54. The third-order valence-corrected chi connectivity index (χ3v) is 3.44. The number of hydrogen-bond donors (Lipinski definition) is 2. The Hall–Kier alpha value is -1.82. The summed E-state index contributed by atoms with van der Waals surface area (Å²) in [5, 5.41) is 16.9. The van der Waals surface area contributed by atoms with E-state index in [9.17, 15) is 14.9 Å². The van der Waals surface area contributed by atoms with Gasteiger partial charge in [0.25, 0.3) is 5.69 Å². The van der Waals surface area contributed by atoms with Gasteiger partial charge in [-0.25, -0.2) is 0 Å². The molecule has 0 aliphatic carbocycles. The molecule has 21 heavy (non-hydrogen) atoms. The van der Waals surface area contributed by atoms with E-state index < -0.39 is 10.3 Å². The van der Waals surface area contributed by atoms with Crippen LogP contribution in [0.1, 0.15) is 26.3 Å². The third-order valence-electron chi connectivity index (χ3n) is 3.14. The largest absolute Gasteiger partial charge is 0.383 e. The zero-order valence-electron chi connectivity index (χ0n) is 12.6. The van der Waals surface area contributed by atoms with Gasteiger partial charge in [0.1, 0.15) is 0 Å². The van der Waals surface area contributed by atoms with Crippen molar-refractivity contribution in [1.29, 1.82) is 0 Å². The Morgan fingerprint density at radius 1 is 1.43 bits per heavy atom. The molecule has 0 heterocycles. The fourth-order valence-corrected chi connectivity index (χ4v) is 2.17. The molecule has 1 amide bonds. The van der Waals surface area contributed by atoms with E-state index in [1.54, 1.807) is 6.92 Å². The molecular formula is C14H20ClN3O3. The normalized spacial score (nSPS) is 11.1. The number of aryl methyl sites for hydroxylation is 1. The number of amides is 1. The van der Waals surface area contributed by atoms with Gasteiger partial charge in [0.2, 0.25) is 5.91 Å². The lowest BCUT2D eigenvalue weighted by molar-refractivity contribution is -0.384. The summed E-state index contributed by atoms with van der Waals surface area (Å²) in [4.78, 5) is 22.2. The van der Waals surface area contributed by atoms with Crippen molar-refractivity contribution in [2.75, 3.05) is 18.4 Å². The van der Waals surface area contributed by atoms with E-state index in [0.717, 1.165) is 0 Å². The predicted octanol–water partition coefficient (Wildman–Crippen LogP) is 3.13. The van der Waals surface area contributed by atoms with Crippen LogP contribution in [-0.4, -0.2) is 23.9 Å². The van der Waals surface area contributed by atoms with Crippen LogP contribution in [0.15, 0.2) is 12.1 Å². The van der Waals surface area contributed by atoms with E-state index in [-0.39, 0.29) is 16.6 Å². The van der Waals surface area contributed by atoms with Gasteiger partial charge in [0, 0.05) is 25.2 Å². The molecule has 0 spiro atoms. The highest BCUT2D eigenvalue weighted by Gasteiger charge is 2.27. The van der Waals surface area contributed by atoms with E-state index in [1.807, 2.05) is 20.8 Å². The third kappa shape index (κ3) is 4.32. The molecule has 0 bridgehead atoms. The Bertz CT molecular complexity index is 535. The van der Waals surface area contributed by atoms with Gasteiger partial charge in [0.15, 0.2) is 0 Å². The number of benzene rings is 1. The second-order valence-corrected chi connectivity index (χ2v) is 5.88. The number of halogens is 1. The van der Waals surface area contributed by atoms with E-state index >= 15 is 0 Å². The van der Waals surface area contributed by atoms with Crippen molar-refractivity contribution in [3.8, 4) is 0 Å². The maximum absolute atomic E-state index is 11.9. The van der Waals surface area contributed by atoms with Crippen LogP contribution in [0.2, 0.25) is 5.02 Å². The Morgan fingerprint density at radius 2 is 2.05 bits per heavy atom. The first-order chi connectivity index (χ1) is 9.69. The molecule has 0 aromatic heterocycles. The number of non-ortho nitro benzene ring substituents is 1. The summed E-state index contributed by atoms with van der Waals surface area (Å²) in [6.07, 6.45) is 0. The minimum atomic E-state index is -0.618. The highest BCUT2D eigenvalue weighted by Crippen LogP contribution is 2.31. The molecule has 0 atom stereocenters. The van der Waals surface area contributed by atoms with Crippen LogP contribution in [0.4, 0.5) is 11.4 Å². The summed E-state index contributed by atoms with van der Waals surface area (Å²) in [5.41, 5.74) is 0.611. The van der Waals surface area contributed by atoms with E-state index in [4.69, 9.17) is 11.6 Å². The number of rotatable bonds is 6. The zero-order chi connectivity index (χ0) is 16.2. The molecular weight excluding hydrogens is 294 g/mol. The molecule has 1 aromatic carbocycles. The Labute approximate surface area is 129 Å². The van der Waals surface area contributed by atoms with Gasteiger partial charge in [0.05, 0.1) is 21.0 Å². The monoisotopic (exact) mass is 313 g/mol. The molecule has 2 N–H and O–H groups in total. The van der Waals surface area contributed by atoms with Gasteiger partial charge in [-0.15, -0.1) is 0 Å². The van der Waals surface area contributed by atoms with Crippen LogP contribution >= 0.6 is 11.6 Å². The smallest absolute Gasteiger partial charge is 0.271 e. The van der Waals surface area contributed by atoms with Crippen molar-refractivity contribution in [2.45, 2.75) is 27.7 Å². The molecule has 0 aliphatic rings. The summed E-state index contributed by atoms with van der Waals surface area (Å²) in [6, 6.07) is 2.75. The Morgan fingerprint density at radius 3 is 2.52 bits per heavy atom. The number of hydrogen-bond acceptors (Lipinski definition) is 4. The van der Waals surface area contributed by atoms with Crippen LogP contribution < -0.4 is 10.6 Å². The van der Waals surface area contributed by atoms with Gasteiger partial charge < -0.3 is 10.6 Å². The number of nitrogens with one attached hydrogen (secondary N) is 2. The summed E-state index contributed by atoms with van der Waals surface area (Å²) in [5.74, 6) is -0.0619. The molecule has 1 aromatic rings. The molecule has 0 radical (unpaired) electrons. The van der Waals surface area contributed by atoms with Gasteiger partial charge in [-0.2, -0.15) is 0 Å². The zero-order valence-corrected chi connectivity index (χ0v) is 13.4. The summed E-state index contributed by atoms with van der Waals surface area (Å²) < 4.78 is 0. The molecule has 7 heteroatoms. The number of nitro benzene ring substituents is 1. The standard InChI is InChI=1S/C14H20ClN3O3/c1-5-16-13(19)14(3,4)8-17-12-9(2)6-10(18(20)21)7-11(12)15/h6-7,17H,5,8H2,1-4H3,(H,16,19). The molecule has 6 nitrogen and oxygen atoms in total.